The first-order valence-corrected chi connectivity index (χ1v) is 7.51. The van der Waals surface area contributed by atoms with E-state index in [9.17, 15) is 0 Å². The maximum absolute atomic E-state index is 5.99. The van der Waals surface area contributed by atoms with Gasteiger partial charge in [0.15, 0.2) is 0 Å². The van der Waals surface area contributed by atoms with Gasteiger partial charge in [-0.3, -0.25) is 0 Å². The molecule has 2 N–H and O–H groups in total. The van der Waals surface area contributed by atoms with Gasteiger partial charge in [0.25, 0.3) is 0 Å². The third-order valence-electron chi connectivity index (χ3n) is 3.74. The third-order valence-corrected chi connectivity index (χ3v) is 3.74. The van der Waals surface area contributed by atoms with Gasteiger partial charge < -0.3 is 15.2 Å². The van der Waals surface area contributed by atoms with Crippen molar-refractivity contribution in [2.24, 2.45) is 5.73 Å². The molecule has 1 heterocycles. The molecule has 1 aliphatic heterocycles. The van der Waals surface area contributed by atoms with Crippen molar-refractivity contribution in [3.05, 3.63) is 29.3 Å². The lowest BCUT2D eigenvalue weighted by molar-refractivity contribution is -0.0327. The van der Waals surface area contributed by atoms with Gasteiger partial charge in [-0.05, 0) is 58.6 Å². The molecule has 0 aliphatic carbocycles. The molecule has 112 valence electrons. The number of aryl methyl sites for hydroxylation is 1. The summed E-state index contributed by atoms with van der Waals surface area (Å²) in [4.78, 5) is 0. The number of hydrogen-bond acceptors (Lipinski definition) is 3. The van der Waals surface area contributed by atoms with Crippen molar-refractivity contribution in [2.75, 3.05) is 6.61 Å². The SMILES string of the molecule is Cc1ccc(OCC2CCC(C)(C)O2)c(CC(C)N)c1. The summed E-state index contributed by atoms with van der Waals surface area (Å²) in [7, 11) is 0. The van der Waals surface area contributed by atoms with E-state index in [1.54, 1.807) is 0 Å². The number of ether oxygens (including phenoxy) is 2. The smallest absolute Gasteiger partial charge is 0.122 e. The Morgan fingerprint density at radius 2 is 2.20 bits per heavy atom. The summed E-state index contributed by atoms with van der Waals surface area (Å²) in [6.07, 6.45) is 3.21. The second-order valence-electron chi connectivity index (χ2n) is 6.64. The molecule has 0 amide bonds. The highest BCUT2D eigenvalue weighted by Gasteiger charge is 2.32. The second-order valence-corrected chi connectivity index (χ2v) is 6.64. The zero-order valence-electron chi connectivity index (χ0n) is 13.1. The van der Waals surface area contributed by atoms with Crippen LogP contribution in [0.3, 0.4) is 0 Å². The van der Waals surface area contributed by atoms with E-state index in [-0.39, 0.29) is 17.7 Å². The summed E-state index contributed by atoms with van der Waals surface area (Å²) in [6, 6.07) is 6.44. The molecule has 2 atom stereocenters. The number of hydrogen-bond donors (Lipinski definition) is 1. The van der Waals surface area contributed by atoms with E-state index in [4.69, 9.17) is 15.2 Å². The quantitative estimate of drug-likeness (QED) is 0.898. The monoisotopic (exact) mass is 277 g/mol. The van der Waals surface area contributed by atoms with Crippen LogP contribution >= 0.6 is 0 Å². The molecular weight excluding hydrogens is 250 g/mol. The third kappa shape index (κ3) is 4.22. The molecule has 3 nitrogen and oxygen atoms in total. The van der Waals surface area contributed by atoms with E-state index in [1.165, 1.54) is 11.1 Å². The van der Waals surface area contributed by atoms with Crippen molar-refractivity contribution >= 4 is 0 Å². The summed E-state index contributed by atoms with van der Waals surface area (Å²) in [5, 5.41) is 0. The van der Waals surface area contributed by atoms with Crippen LogP contribution < -0.4 is 10.5 Å². The minimum atomic E-state index is -0.00406. The van der Waals surface area contributed by atoms with Gasteiger partial charge in [-0.2, -0.15) is 0 Å². The van der Waals surface area contributed by atoms with Crippen LogP contribution in [0.25, 0.3) is 0 Å². The zero-order valence-corrected chi connectivity index (χ0v) is 13.1. The normalized spacial score (nSPS) is 22.8. The van der Waals surface area contributed by atoms with Crippen LogP contribution in [0.4, 0.5) is 0 Å². The molecule has 1 aromatic rings. The fourth-order valence-electron chi connectivity index (χ4n) is 2.73. The Hall–Kier alpha value is -1.06. The molecular formula is C17H27NO2. The first-order valence-electron chi connectivity index (χ1n) is 7.51. The van der Waals surface area contributed by atoms with Gasteiger partial charge in [0.05, 0.1) is 11.7 Å². The van der Waals surface area contributed by atoms with E-state index >= 15 is 0 Å². The molecule has 1 aliphatic rings. The molecule has 3 heteroatoms. The van der Waals surface area contributed by atoms with Gasteiger partial charge >= 0.3 is 0 Å². The van der Waals surface area contributed by atoms with Gasteiger partial charge in [0, 0.05) is 6.04 Å². The highest BCUT2D eigenvalue weighted by Crippen LogP contribution is 2.30. The highest BCUT2D eigenvalue weighted by atomic mass is 16.6. The lowest BCUT2D eigenvalue weighted by Crippen LogP contribution is -2.24. The molecule has 0 spiro atoms. The fraction of sp³-hybridized carbons (Fsp3) is 0.647. The lowest BCUT2D eigenvalue weighted by Gasteiger charge is -2.20. The number of benzene rings is 1. The summed E-state index contributed by atoms with van der Waals surface area (Å²) in [5.41, 5.74) is 8.35. The van der Waals surface area contributed by atoms with Crippen LogP contribution in [0.2, 0.25) is 0 Å². The average Bonchev–Trinajstić information content (AvgIpc) is 2.67. The van der Waals surface area contributed by atoms with Crippen molar-refractivity contribution < 1.29 is 9.47 Å². The van der Waals surface area contributed by atoms with Crippen LogP contribution in [0.1, 0.15) is 44.7 Å². The van der Waals surface area contributed by atoms with Crippen LogP contribution in [0, 0.1) is 6.92 Å². The summed E-state index contributed by atoms with van der Waals surface area (Å²) < 4.78 is 12.0. The Morgan fingerprint density at radius 1 is 1.45 bits per heavy atom. The molecule has 1 fully saturated rings. The van der Waals surface area contributed by atoms with E-state index < -0.39 is 0 Å². The minimum absolute atomic E-state index is 0.00406. The zero-order chi connectivity index (χ0) is 14.8. The van der Waals surface area contributed by atoms with Crippen LogP contribution in [0.15, 0.2) is 18.2 Å². The van der Waals surface area contributed by atoms with E-state index in [2.05, 4.69) is 32.9 Å². The van der Waals surface area contributed by atoms with Gasteiger partial charge in [-0.15, -0.1) is 0 Å². The first-order chi connectivity index (χ1) is 9.35. The number of rotatable bonds is 5. The Kier molecular flexibility index (Phi) is 4.71. The van der Waals surface area contributed by atoms with Crippen molar-refractivity contribution in [3.63, 3.8) is 0 Å². The van der Waals surface area contributed by atoms with Gasteiger partial charge in [0.1, 0.15) is 12.4 Å². The topological polar surface area (TPSA) is 44.5 Å². The van der Waals surface area contributed by atoms with Gasteiger partial charge in [0.2, 0.25) is 0 Å². The average molecular weight is 277 g/mol. The molecule has 1 aromatic carbocycles. The molecule has 0 bridgehead atoms. The molecule has 2 unspecified atom stereocenters. The molecule has 0 aromatic heterocycles. The number of nitrogens with two attached hydrogens (primary N) is 1. The summed E-state index contributed by atoms with van der Waals surface area (Å²) in [5.74, 6) is 0.946. The molecule has 20 heavy (non-hydrogen) atoms. The Labute approximate surface area is 122 Å². The largest absolute Gasteiger partial charge is 0.491 e. The summed E-state index contributed by atoms with van der Waals surface area (Å²) in [6.45, 7) is 9.02. The first kappa shape index (κ1) is 15.3. The van der Waals surface area contributed by atoms with Crippen molar-refractivity contribution in [2.45, 2.75) is 64.7 Å². The van der Waals surface area contributed by atoms with Crippen LogP contribution in [-0.4, -0.2) is 24.4 Å². The van der Waals surface area contributed by atoms with Crippen LogP contribution in [0.5, 0.6) is 5.75 Å². The predicted octanol–water partition coefficient (Wildman–Crippen LogP) is 3.22. The fourth-order valence-corrected chi connectivity index (χ4v) is 2.73. The van der Waals surface area contributed by atoms with Crippen LogP contribution in [-0.2, 0) is 11.2 Å². The van der Waals surface area contributed by atoms with E-state index in [0.29, 0.717) is 6.61 Å². The Morgan fingerprint density at radius 3 is 2.80 bits per heavy atom. The molecule has 0 saturated carbocycles. The molecule has 2 rings (SSSR count). The molecule has 0 radical (unpaired) electrons. The maximum Gasteiger partial charge on any atom is 0.122 e. The van der Waals surface area contributed by atoms with Gasteiger partial charge in [-0.1, -0.05) is 17.7 Å². The van der Waals surface area contributed by atoms with E-state index in [0.717, 1.165) is 25.0 Å². The van der Waals surface area contributed by atoms with Crippen molar-refractivity contribution in [1.29, 1.82) is 0 Å². The second kappa shape index (κ2) is 6.15. The Balaban J connectivity index is 1.98. The van der Waals surface area contributed by atoms with Gasteiger partial charge in [-0.25, -0.2) is 0 Å². The summed E-state index contributed by atoms with van der Waals surface area (Å²) >= 11 is 0. The standard InChI is InChI=1S/C17H27NO2/c1-12-5-6-16(14(9-12)10-13(2)18)19-11-15-7-8-17(3,4)20-15/h5-6,9,13,15H,7-8,10-11,18H2,1-4H3. The Bertz CT molecular complexity index is 454. The lowest BCUT2D eigenvalue weighted by atomic mass is 10.0. The molecule has 1 saturated heterocycles. The van der Waals surface area contributed by atoms with Crippen molar-refractivity contribution in [3.8, 4) is 5.75 Å². The maximum atomic E-state index is 5.99. The predicted molar refractivity (Wildman–Crippen MR) is 82.2 cm³/mol. The minimum Gasteiger partial charge on any atom is -0.491 e. The van der Waals surface area contributed by atoms with E-state index in [1.807, 2.05) is 13.0 Å². The highest BCUT2D eigenvalue weighted by molar-refractivity contribution is 5.37. The van der Waals surface area contributed by atoms with Crippen molar-refractivity contribution in [1.82, 2.24) is 0 Å².